The molecule has 27 heavy (non-hydrogen) atoms. The van der Waals surface area contributed by atoms with Crippen LogP contribution in [0.3, 0.4) is 0 Å². The van der Waals surface area contributed by atoms with E-state index in [2.05, 4.69) is 58.5 Å². The van der Waals surface area contributed by atoms with Crippen LogP contribution in [0.1, 0.15) is 20.8 Å². The lowest BCUT2D eigenvalue weighted by Gasteiger charge is -2.37. The van der Waals surface area contributed by atoms with E-state index in [0.717, 1.165) is 42.2 Å². The molecule has 0 saturated carbocycles. The van der Waals surface area contributed by atoms with Crippen molar-refractivity contribution in [2.45, 2.75) is 30.4 Å². The van der Waals surface area contributed by atoms with Gasteiger partial charge < -0.3 is 15.1 Å². The van der Waals surface area contributed by atoms with Crippen LogP contribution >= 0.6 is 23.1 Å². The van der Waals surface area contributed by atoms with Crippen molar-refractivity contribution in [3.05, 3.63) is 30.3 Å². The second-order valence-electron chi connectivity index (χ2n) is 7.06. The fourth-order valence-corrected chi connectivity index (χ4v) is 4.89. The van der Waals surface area contributed by atoms with Crippen LogP contribution in [0.5, 0.6) is 0 Å². The predicted octanol–water partition coefficient (Wildman–Crippen LogP) is 3.44. The first-order chi connectivity index (χ1) is 13.0. The SMILES string of the molecule is CC(C)CNc1nnc(SC(C)C(=O)N2CCN(c3ccccc3)CC2)s1. The fourth-order valence-electron chi connectivity index (χ4n) is 2.90. The molecule has 2 aromatic rings. The summed E-state index contributed by atoms with van der Waals surface area (Å²) in [6, 6.07) is 10.4. The Morgan fingerprint density at radius 2 is 1.85 bits per heavy atom. The zero-order valence-corrected chi connectivity index (χ0v) is 17.7. The molecule has 2 heterocycles. The number of piperazine rings is 1. The zero-order chi connectivity index (χ0) is 19.2. The van der Waals surface area contributed by atoms with E-state index in [4.69, 9.17) is 0 Å². The molecule has 1 aliphatic rings. The topological polar surface area (TPSA) is 61.4 Å². The Morgan fingerprint density at radius 1 is 1.15 bits per heavy atom. The van der Waals surface area contributed by atoms with Gasteiger partial charge in [0.15, 0.2) is 4.34 Å². The molecule has 8 heteroatoms. The minimum absolute atomic E-state index is 0.154. The number of rotatable bonds is 7. The summed E-state index contributed by atoms with van der Waals surface area (Å²) in [5.41, 5.74) is 1.22. The maximum absolute atomic E-state index is 12.8. The summed E-state index contributed by atoms with van der Waals surface area (Å²) in [7, 11) is 0. The normalized spacial score (nSPS) is 15.9. The molecule has 1 fully saturated rings. The molecular formula is C19H27N5OS2. The molecule has 0 spiro atoms. The van der Waals surface area contributed by atoms with Crippen molar-refractivity contribution in [3.63, 3.8) is 0 Å². The number of hydrogen-bond donors (Lipinski definition) is 1. The largest absolute Gasteiger partial charge is 0.368 e. The molecule has 1 atom stereocenters. The first-order valence-electron chi connectivity index (χ1n) is 9.35. The van der Waals surface area contributed by atoms with Gasteiger partial charge in [0, 0.05) is 38.4 Å². The van der Waals surface area contributed by atoms with Gasteiger partial charge in [-0.1, -0.05) is 55.1 Å². The fraction of sp³-hybridized carbons (Fsp3) is 0.526. The Labute approximate surface area is 169 Å². The highest BCUT2D eigenvalue weighted by atomic mass is 32.2. The molecule has 1 aliphatic heterocycles. The van der Waals surface area contributed by atoms with Crippen molar-refractivity contribution in [2.75, 3.05) is 42.9 Å². The molecule has 1 saturated heterocycles. The summed E-state index contributed by atoms with van der Waals surface area (Å²) in [6.07, 6.45) is 0. The van der Waals surface area contributed by atoms with Gasteiger partial charge in [-0.3, -0.25) is 4.79 Å². The van der Waals surface area contributed by atoms with E-state index >= 15 is 0 Å². The second-order valence-corrected chi connectivity index (χ2v) is 9.62. The molecular weight excluding hydrogens is 378 g/mol. The van der Waals surface area contributed by atoms with Gasteiger partial charge in [0.1, 0.15) is 0 Å². The van der Waals surface area contributed by atoms with Crippen LogP contribution < -0.4 is 10.2 Å². The molecule has 1 aromatic carbocycles. The van der Waals surface area contributed by atoms with Crippen LogP contribution in [-0.4, -0.2) is 59.0 Å². The number of carbonyl (C=O) groups excluding carboxylic acids is 1. The Bertz CT molecular complexity index is 729. The highest BCUT2D eigenvalue weighted by molar-refractivity contribution is 8.02. The number of amides is 1. The van der Waals surface area contributed by atoms with Crippen LogP contribution in [0.2, 0.25) is 0 Å². The van der Waals surface area contributed by atoms with Crippen molar-refractivity contribution in [3.8, 4) is 0 Å². The Kier molecular flexibility index (Phi) is 6.95. The number of aromatic nitrogens is 2. The summed E-state index contributed by atoms with van der Waals surface area (Å²) < 4.78 is 0.838. The van der Waals surface area contributed by atoms with Crippen molar-refractivity contribution < 1.29 is 4.79 Å². The zero-order valence-electron chi connectivity index (χ0n) is 16.1. The molecule has 1 amide bonds. The highest BCUT2D eigenvalue weighted by Gasteiger charge is 2.26. The summed E-state index contributed by atoms with van der Waals surface area (Å²) in [5.74, 6) is 0.736. The third-order valence-corrected chi connectivity index (χ3v) is 6.46. The quantitative estimate of drug-likeness (QED) is 0.712. The third kappa shape index (κ3) is 5.59. The van der Waals surface area contributed by atoms with E-state index in [1.165, 1.54) is 28.8 Å². The minimum atomic E-state index is -0.154. The number of nitrogens with one attached hydrogen (secondary N) is 1. The first-order valence-corrected chi connectivity index (χ1v) is 11.1. The molecule has 0 bridgehead atoms. The van der Waals surface area contributed by atoms with E-state index in [9.17, 15) is 4.79 Å². The van der Waals surface area contributed by atoms with E-state index in [-0.39, 0.29) is 11.2 Å². The molecule has 0 aliphatic carbocycles. The standard InChI is InChI=1S/C19H27N5OS2/c1-14(2)13-20-18-21-22-19(27-18)26-15(3)17(25)24-11-9-23(10-12-24)16-7-5-4-6-8-16/h4-8,14-15H,9-13H2,1-3H3,(H,20,21). The lowest BCUT2D eigenvalue weighted by molar-refractivity contribution is -0.130. The predicted molar refractivity (Wildman–Crippen MR) is 114 cm³/mol. The van der Waals surface area contributed by atoms with Crippen molar-refractivity contribution in [1.29, 1.82) is 0 Å². The number of para-hydroxylation sites is 1. The van der Waals surface area contributed by atoms with Crippen molar-refractivity contribution >= 4 is 39.8 Å². The van der Waals surface area contributed by atoms with Gasteiger partial charge in [0.05, 0.1) is 5.25 Å². The van der Waals surface area contributed by atoms with Crippen LogP contribution in [-0.2, 0) is 4.79 Å². The third-order valence-electron chi connectivity index (χ3n) is 4.41. The number of anilines is 2. The number of thioether (sulfide) groups is 1. The monoisotopic (exact) mass is 405 g/mol. The maximum atomic E-state index is 12.8. The van der Waals surface area contributed by atoms with Gasteiger partial charge in [-0.25, -0.2) is 0 Å². The average molecular weight is 406 g/mol. The van der Waals surface area contributed by atoms with E-state index in [1.54, 1.807) is 0 Å². The van der Waals surface area contributed by atoms with Crippen molar-refractivity contribution in [2.24, 2.45) is 5.92 Å². The number of benzene rings is 1. The molecule has 0 radical (unpaired) electrons. The van der Waals surface area contributed by atoms with Gasteiger partial charge >= 0.3 is 0 Å². The Morgan fingerprint density at radius 3 is 2.52 bits per heavy atom. The molecule has 3 rings (SSSR count). The number of nitrogens with zero attached hydrogens (tertiary/aromatic N) is 4. The summed E-state index contributed by atoms with van der Waals surface area (Å²) in [6.45, 7) is 10.4. The van der Waals surface area contributed by atoms with Gasteiger partial charge in [-0.2, -0.15) is 0 Å². The summed E-state index contributed by atoms with van der Waals surface area (Å²) in [4.78, 5) is 17.1. The van der Waals surface area contributed by atoms with Gasteiger partial charge in [0.25, 0.3) is 0 Å². The van der Waals surface area contributed by atoms with Crippen LogP contribution in [0.25, 0.3) is 0 Å². The van der Waals surface area contributed by atoms with Crippen LogP contribution in [0, 0.1) is 5.92 Å². The lowest BCUT2D eigenvalue weighted by atomic mass is 10.2. The minimum Gasteiger partial charge on any atom is -0.368 e. The molecule has 1 N–H and O–H groups in total. The average Bonchev–Trinajstić information content (AvgIpc) is 3.14. The van der Waals surface area contributed by atoms with Gasteiger partial charge in [0.2, 0.25) is 11.0 Å². The maximum Gasteiger partial charge on any atom is 0.235 e. The Hall–Kier alpha value is -1.80. The van der Waals surface area contributed by atoms with Gasteiger partial charge in [-0.05, 0) is 25.0 Å². The van der Waals surface area contributed by atoms with Gasteiger partial charge in [-0.15, -0.1) is 10.2 Å². The van der Waals surface area contributed by atoms with E-state index in [0.29, 0.717) is 5.92 Å². The first kappa shape index (κ1) is 19.9. The smallest absolute Gasteiger partial charge is 0.235 e. The molecule has 146 valence electrons. The van der Waals surface area contributed by atoms with Crippen LogP contribution in [0.15, 0.2) is 34.7 Å². The highest BCUT2D eigenvalue weighted by Crippen LogP contribution is 2.30. The molecule has 6 nitrogen and oxygen atoms in total. The Balaban J connectivity index is 1.48. The van der Waals surface area contributed by atoms with E-state index in [1.807, 2.05) is 17.9 Å². The number of hydrogen-bond acceptors (Lipinski definition) is 7. The number of carbonyl (C=O) groups is 1. The molecule has 1 aromatic heterocycles. The second kappa shape index (κ2) is 9.41. The molecule has 1 unspecified atom stereocenters. The lowest BCUT2D eigenvalue weighted by Crippen LogP contribution is -2.50. The van der Waals surface area contributed by atoms with E-state index < -0.39 is 0 Å². The van der Waals surface area contributed by atoms with Crippen molar-refractivity contribution in [1.82, 2.24) is 15.1 Å². The van der Waals surface area contributed by atoms with Crippen LogP contribution in [0.4, 0.5) is 10.8 Å². The summed E-state index contributed by atoms with van der Waals surface area (Å²) >= 11 is 3.01. The summed E-state index contributed by atoms with van der Waals surface area (Å²) in [5, 5.41) is 12.3.